The molecule has 0 aliphatic carbocycles. The van der Waals surface area contributed by atoms with Crippen LogP contribution in [0.1, 0.15) is 31.4 Å². The molecule has 0 aliphatic heterocycles. The van der Waals surface area contributed by atoms with Crippen LogP contribution in [0.25, 0.3) is 0 Å². The van der Waals surface area contributed by atoms with Crippen molar-refractivity contribution in [2.75, 3.05) is 0 Å². The minimum Gasteiger partial charge on any atom is -0.335 e. The molecule has 0 fully saturated rings. The number of urea groups is 1. The fraction of sp³-hybridized carbons (Fsp3) is 0.538. The Morgan fingerprint density at radius 3 is 2.62 bits per heavy atom. The average Bonchev–Trinajstić information content (AvgIpc) is 2.80. The molecule has 0 saturated carbocycles. The maximum absolute atomic E-state index is 13.0. The van der Waals surface area contributed by atoms with Crippen molar-refractivity contribution < 1.29 is 18.0 Å². The molecule has 1 aromatic heterocycles. The first-order chi connectivity index (χ1) is 9.77. The predicted molar refractivity (Wildman–Crippen MR) is 72.6 cm³/mol. The number of aryl methyl sites for hydroxylation is 1. The fourth-order valence-corrected chi connectivity index (χ4v) is 1.83. The summed E-state index contributed by atoms with van der Waals surface area (Å²) in [6.07, 6.45) is 0.410. The van der Waals surface area contributed by atoms with Crippen molar-refractivity contribution >= 4 is 6.03 Å². The van der Waals surface area contributed by atoms with Gasteiger partial charge in [-0.25, -0.2) is 4.79 Å². The number of hydrogen-bond donors (Lipinski definition) is 2. The molecule has 0 spiro atoms. The highest BCUT2D eigenvalue weighted by atomic mass is 19.4. The van der Waals surface area contributed by atoms with E-state index in [0.717, 1.165) is 6.20 Å². The van der Waals surface area contributed by atoms with Gasteiger partial charge in [0.2, 0.25) is 0 Å². The zero-order valence-corrected chi connectivity index (χ0v) is 11.9. The van der Waals surface area contributed by atoms with E-state index in [9.17, 15) is 18.0 Å². The summed E-state index contributed by atoms with van der Waals surface area (Å²) >= 11 is 0. The number of aromatic nitrogens is 2. The molecule has 2 atom stereocenters. The summed E-state index contributed by atoms with van der Waals surface area (Å²) in [4.78, 5) is 11.7. The molecular formula is C13H19F3N4O. The number of hydrogen-bond acceptors (Lipinski definition) is 2. The maximum atomic E-state index is 13.0. The lowest BCUT2D eigenvalue weighted by Crippen LogP contribution is -2.46. The van der Waals surface area contributed by atoms with Gasteiger partial charge in [-0.05, 0) is 12.8 Å². The summed E-state index contributed by atoms with van der Waals surface area (Å²) in [5.74, 6) is 0. The van der Waals surface area contributed by atoms with Crippen LogP contribution in [0.4, 0.5) is 18.0 Å². The van der Waals surface area contributed by atoms with E-state index < -0.39 is 18.2 Å². The molecule has 0 saturated heterocycles. The van der Waals surface area contributed by atoms with E-state index in [2.05, 4.69) is 17.0 Å². The Morgan fingerprint density at radius 2 is 2.19 bits per heavy atom. The van der Waals surface area contributed by atoms with Crippen molar-refractivity contribution in [2.45, 2.75) is 38.0 Å². The zero-order chi connectivity index (χ0) is 16.0. The van der Waals surface area contributed by atoms with Gasteiger partial charge in [0.05, 0.1) is 6.20 Å². The Hall–Kier alpha value is -1.99. The van der Waals surface area contributed by atoms with Crippen LogP contribution in [0.2, 0.25) is 0 Å². The highest BCUT2D eigenvalue weighted by Gasteiger charge is 2.42. The SMILES string of the molecule is C=CC[C@@H](CC)NC(=O)N[C@@H](c1cnn(C)c1)C(F)(F)F. The first-order valence-electron chi connectivity index (χ1n) is 6.51. The number of amides is 2. The van der Waals surface area contributed by atoms with E-state index >= 15 is 0 Å². The van der Waals surface area contributed by atoms with Gasteiger partial charge in [0.1, 0.15) is 0 Å². The average molecular weight is 304 g/mol. The quantitative estimate of drug-likeness (QED) is 0.794. The number of nitrogens with zero attached hydrogens (tertiary/aromatic N) is 2. The van der Waals surface area contributed by atoms with E-state index in [4.69, 9.17) is 0 Å². The third kappa shape index (κ3) is 5.13. The van der Waals surface area contributed by atoms with Crippen molar-refractivity contribution in [3.8, 4) is 0 Å². The number of nitrogens with one attached hydrogen (secondary N) is 2. The first kappa shape index (κ1) is 17.1. The summed E-state index contributed by atoms with van der Waals surface area (Å²) in [5, 5.41) is 8.14. The van der Waals surface area contributed by atoms with Crippen LogP contribution >= 0.6 is 0 Å². The van der Waals surface area contributed by atoms with Gasteiger partial charge in [0.25, 0.3) is 0 Å². The molecule has 2 amide bonds. The lowest BCUT2D eigenvalue weighted by atomic mass is 10.1. The Morgan fingerprint density at radius 1 is 1.52 bits per heavy atom. The largest absolute Gasteiger partial charge is 0.413 e. The van der Waals surface area contributed by atoms with Gasteiger partial charge in [-0.3, -0.25) is 4.68 Å². The number of carbonyl (C=O) groups is 1. The molecule has 1 rings (SSSR count). The maximum Gasteiger partial charge on any atom is 0.413 e. The highest BCUT2D eigenvalue weighted by Crippen LogP contribution is 2.32. The number of carbonyl (C=O) groups excluding carboxylic acids is 1. The van der Waals surface area contributed by atoms with Gasteiger partial charge in [-0.15, -0.1) is 6.58 Å². The molecular weight excluding hydrogens is 285 g/mol. The Bertz CT molecular complexity index is 484. The van der Waals surface area contributed by atoms with Gasteiger partial charge >= 0.3 is 12.2 Å². The van der Waals surface area contributed by atoms with Crippen molar-refractivity contribution in [2.24, 2.45) is 7.05 Å². The molecule has 1 aromatic rings. The first-order valence-corrected chi connectivity index (χ1v) is 6.51. The standard InChI is InChI=1S/C13H19F3N4O/c1-4-6-10(5-2)18-12(21)19-11(13(14,15)16)9-7-17-20(3)8-9/h4,7-8,10-11H,1,5-6H2,2-3H3,(H2,18,19,21)/t10-,11+/m1/s1. The predicted octanol–water partition coefficient (Wildman–Crippen LogP) is 2.68. The molecule has 0 aromatic carbocycles. The minimum atomic E-state index is -4.60. The number of alkyl halides is 3. The smallest absolute Gasteiger partial charge is 0.335 e. The summed E-state index contributed by atoms with van der Waals surface area (Å²) in [5.41, 5.74) is -0.114. The van der Waals surface area contributed by atoms with Crippen molar-refractivity contribution in [1.82, 2.24) is 20.4 Å². The van der Waals surface area contributed by atoms with Gasteiger partial charge in [0, 0.05) is 24.8 Å². The molecule has 21 heavy (non-hydrogen) atoms. The Labute approximate surface area is 121 Å². The molecule has 0 bridgehead atoms. The highest BCUT2D eigenvalue weighted by molar-refractivity contribution is 5.74. The summed E-state index contributed by atoms with van der Waals surface area (Å²) in [7, 11) is 1.51. The normalized spacial score (nSPS) is 14.3. The third-order valence-corrected chi connectivity index (χ3v) is 2.94. The summed E-state index contributed by atoms with van der Waals surface area (Å²) in [6.45, 7) is 5.37. The molecule has 1 heterocycles. The number of halogens is 3. The van der Waals surface area contributed by atoms with Crippen LogP contribution in [0.15, 0.2) is 25.0 Å². The van der Waals surface area contributed by atoms with Crippen molar-refractivity contribution in [1.29, 1.82) is 0 Å². The van der Waals surface area contributed by atoms with Crippen LogP contribution < -0.4 is 10.6 Å². The Balaban J connectivity index is 2.78. The van der Waals surface area contributed by atoms with Crippen LogP contribution in [0.5, 0.6) is 0 Å². The van der Waals surface area contributed by atoms with E-state index in [-0.39, 0.29) is 11.6 Å². The Kier molecular flexibility index (Phi) is 5.80. The molecule has 0 radical (unpaired) electrons. The van der Waals surface area contributed by atoms with Crippen LogP contribution in [-0.4, -0.2) is 28.0 Å². The zero-order valence-electron chi connectivity index (χ0n) is 11.9. The lowest BCUT2D eigenvalue weighted by molar-refractivity contribution is -0.155. The molecule has 8 heteroatoms. The monoisotopic (exact) mass is 304 g/mol. The molecule has 2 N–H and O–H groups in total. The summed E-state index contributed by atoms with van der Waals surface area (Å²) < 4.78 is 40.4. The second-order valence-electron chi connectivity index (χ2n) is 4.67. The second kappa shape index (κ2) is 7.14. The lowest BCUT2D eigenvalue weighted by Gasteiger charge is -2.22. The molecule has 0 unspecified atom stereocenters. The molecule has 5 nitrogen and oxygen atoms in total. The minimum absolute atomic E-state index is 0.114. The van der Waals surface area contributed by atoms with Crippen molar-refractivity contribution in [3.63, 3.8) is 0 Å². The van der Waals surface area contributed by atoms with Crippen LogP contribution in [0, 0.1) is 0 Å². The molecule has 118 valence electrons. The van der Waals surface area contributed by atoms with E-state index in [1.807, 2.05) is 12.2 Å². The fourth-order valence-electron chi connectivity index (χ4n) is 1.83. The second-order valence-corrected chi connectivity index (χ2v) is 4.67. The van der Waals surface area contributed by atoms with Gasteiger partial charge < -0.3 is 10.6 Å². The van der Waals surface area contributed by atoms with Gasteiger partial charge in [-0.2, -0.15) is 18.3 Å². The van der Waals surface area contributed by atoms with E-state index in [1.54, 1.807) is 6.08 Å². The summed E-state index contributed by atoms with van der Waals surface area (Å²) in [6, 6.07) is -3.20. The van der Waals surface area contributed by atoms with Crippen LogP contribution in [0.3, 0.4) is 0 Å². The van der Waals surface area contributed by atoms with Gasteiger partial charge in [0.15, 0.2) is 6.04 Å². The molecule has 0 aliphatic rings. The van der Waals surface area contributed by atoms with Gasteiger partial charge in [-0.1, -0.05) is 13.0 Å². The topological polar surface area (TPSA) is 59.0 Å². The van der Waals surface area contributed by atoms with E-state index in [1.165, 1.54) is 17.9 Å². The van der Waals surface area contributed by atoms with Crippen LogP contribution in [-0.2, 0) is 7.05 Å². The van der Waals surface area contributed by atoms with Crippen molar-refractivity contribution in [3.05, 3.63) is 30.6 Å². The third-order valence-electron chi connectivity index (χ3n) is 2.94. The van der Waals surface area contributed by atoms with E-state index in [0.29, 0.717) is 12.8 Å². The number of rotatable bonds is 6.